The summed E-state index contributed by atoms with van der Waals surface area (Å²) in [5, 5.41) is 2.50. The second kappa shape index (κ2) is 3.02. The van der Waals surface area contributed by atoms with Crippen molar-refractivity contribution in [3.05, 3.63) is 23.7 Å². The quantitative estimate of drug-likeness (QED) is 0.724. The minimum atomic E-state index is -0.552. The molecule has 4 nitrogen and oxygen atoms in total. The molecule has 1 aromatic carbocycles. The molecule has 0 saturated carbocycles. The van der Waals surface area contributed by atoms with Gasteiger partial charge in [-0.05, 0) is 18.2 Å². The number of amides is 2. The number of hydrogen-bond acceptors (Lipinski definition) is 3. The van der Waals surface area contributed by atoms with Crippen molar-refractivity contribution in [1.82, 2.24) is 4.98 Å². The molecule has 0 radical (unpaired) electrons. The number of nitrogens with one attached hydrogen (secondary N) is 1. The second-order valence-electron chi connectivity index (χ2n) is 2.52. The van der Waals surface area contributed by atoms with E-state index in [0.29, 0.717) is 5.69 Å². The van der Waals surface area contributed by atoms with Gasteiger partial charge in [0.15, 0.2) is 0 Å². The predicted octanol–water partition coefficient (Wildman–Crippen LogP) is 1.79. The third-order valence-corrected chi connectivity index (χ3v) is 2.39. The summed E-state index contributed by atoms with van der Waals surface area (Å²) in [6.45, 7) is 0. The zero-order valence-corrected chi connectivity index (χ0v) is 7.47. The molecule has 0 aliphatic heterocycles. The van der Waals surface area contributed by atoms with Crippen molar-refractivity contribution >= 4 is 33.3 Å². The largest absolute Gasteiger partial charge is 0.351 e. The molecule has 13 heavy (non-hydrogen) atoms. The van der Waals surface area contributed by atoms with Gasteiger partial charge in [-0.2, -0.15) is 0 Å². The summed E-state index contributed by atoms with van der Waals surface area (Å²) in [4.78, 5) is 14.7. The first-order valence-corrected chi connectivity index (χ1v) is 4.53. The lowest BCUT2D eigenvalue weighted by Gasteiger charge is -1.99. The molecule has 1 aromatic heterocycles. The van der Waals surface area contributed by atoms with Gasteiger partial charge < -0.3 is 11.1 Å². The second-order valence-corrected chi connectivity index (χ2v) is 3.41. The van der Waals surface area contributed by atoms with E-state index in [9.17, 15) is 4.79 Å². The summed E-state index contributed by atoms with van der Waals surface area (Å²) in [5.74, 6) is 0. The molecular formula is C8H7N3OS. The fraction of sp³-hybridized carbons (Fsp3) is 0. The van der Waals surface area contributed by atoms with Gasteiger partial charge in [-0.1, -0.05) is 0 Å². The molecule has 0 saturated heterocycles. The Bertz CT molecular complexity index is 451. The van der Waals surface area contributed by atoms with Gasteiger partial charge in [-0.3, -0.25) is 0 Å². The van der Waals surface area contributed by atoms with Crippen LogP contribution in [0.2, 0.25) is 0 Å². The lowest BCUT2D eigenvalue weighted by molar-refractivity contribution is 0.259. The molecule has 0 atom stereocenters. The normalized spacial score (nSPS) is 10.2. The van der Waals surface area contributed by atoms with E-state index in [1.165, 1.54) is 11.3 Å². The van der Waals surface area contributed by atoms with Crippen LogP contribution in [0.15, 0.2) is 23.7 Å². The topological polar surface area (TPSA) is 68.0 Å². The van der Waals surface area contributed by atoms with Crippen molar-refractivity contribution in [2.75, 3.05) is 5.32 Å². The van der Waals surface area contributed by atoms with Crippen LogP contribution in [0.4, 0.5) is 10.5 Å². The first kappa shape index (κ1) is 8.00. The molecule has 5 heteroatoms. The van der Waals surface area contributed by atoms with Crippen molar-refractivity contribution in [3.8, 4) is 0 Å². The number of benzene rings is 1. The van der Waals surface area contributed by atoms with Gasteiger partial charge in [-0.25, -0.2) is 9.78 Å². The number of carbonyl (C=O) groups excluding carboxylic acids is 1. The number of hydrogen-bond donors (Lipinski definition) is 2. The van der Waals surface area contributed by atoms with Crippen molar-refractivity contribution in [3.63, 3.8) is 0 Å². The molecule has 66 valence electrons. The van der Waals surface area contributed by atoms with E-state index in [-0.39, 0.29) is 0 Å². The molecule has 0 unspecified atom stereocenters. The first-order chi connectivity index (χ1) is 6.25. The average Bonchev–Trinajstić information content (AvgIpc) is 2.49. The van der Waals surface area contributed by atoms with Crippen LogP contribution >= 0.6 is 11.3 Å². The SMILES string of the molecule is NC(=O)Nc1ccc2ncsc2c1. The van der Waals surface area contributed by atoms with E-state index in [1.54, 1.807) is 11.6 Å². The van der Waals surface area contributed by atoms with Gasteiger partial charge in [0.05, 0.1) is 15.7 Å². The third kappa shape index (κ3) is 1.59. The Balaban J connectivity index is 2.42. The van der Waals surface area contributed by atoms with E-state index in [0.717, 1.165) is 10.2 Å². The maximum absolute atomic E-state index is 10.5. The molecule has 0 fully saturated rings. The van der Waals surface area contributed by atoms with Crippen LogP contribution < -0.4 is 11.1 Å². The standard InChI is InChI=1S/C8H7N3OS/c9-8(12)11-5-1-2-6-7(3-5)13-4-10-6/h1-4H,(H3,9,11,12). The fourth-order valence-corrected chi connectivity index (χ4v) is 1.79. The molecule has 2 aromatic rings. The number of thiazole rings is 1. The van der Waals surface area contributed by atoms with Crippen molar-refractivity contribution < 1.29 is 4.79 Å². The van der Waals surface area contributed by atoms with Gasteiger partial charge in [0.25, 0.3) is 0 Å². The van der Waals surface area contributed by atoms with Gasteiger partial charge >= 0.3 is 6.03 Å². The van der Waals surface area contributed by atoms with Gasteiger partial charge in [-0.15, -0.1) is 11.3 Å². The monoisotopic (exact) mass is 193 g/mol. The predicted molar refractivity (Wildman–Crippen MR) is 52.8 cm³/mol. The Kier molecular flexibility index (Phi) is 1.86. The number of fused-ring (bicyclic) bond motifs is 1. The molecular weight excluding hydrogens is 186 g/mol. The zero-order valence-electron chi connectivity index (χ0n) is 6.65. The number of carbonyl (C=O) groups is 1. The lowest BCUT2D eigenvalue weighted by Crippen LogP contribution is -2.19. The minimum absolute atomic E-state index is 0.552. The first-order valence-electron chi connectivity index (χ1n) is 3.65. The number of aromatic nitrogens is 1. The van der Waals surface area contributed by atoms with Crippen LogP contribution in [0, 0.1) is 0 Å². The highest BCUT2D eigenvalue weighted by molar-refractivity contribution is 7.16. The highest BCUT2D eigenvalue weighted by Crippen LogP contribution is 2.21. The van der Waals surface area contributed by atoms with E-state index < -0.39 is 6.03 Å². The number of rotatable bonds is 1. The number of primary amides is 1. The molecule has 0 aliphatic rings. The maximum atomic E-state index is 10.5. The maximum Gasteiger partial charge on any atom is 0.316 e. The van der Waals surface area contributed by atoms with E-state index in [4.69, 9.17) is 5.73 Å². The van der Waals surface area contributed by atoms with Gasteiger partial charge in [0, 0.05) is 5.69 Å². The van der Waals surface area contributed by atoms with E-state index in [1.807, 2.05) is 12.1 Å². The Morgan fingerprint density at radius 3 is 3.15 bits per heavy atom. The number of nitrogens with zero attached hydrogens (tertiary/aromatic N) is 1. The summed E-state index contributed by atoms with van der Waals surface area (Å²) >= 11 is 1.53. The summed E-state index contributed by atoms with van der Waals surface area (Å²) in [6, 6.07) is 4.91. The van der Waals surface area contributed by atoms with Crippen LogP contribution in [0.3, 0.4) is 0 Å². The summed E-state index contributed by atoms with van der Waals surface area (Å²) < 4.78 is 1.03. The Morgan fingerprint density at radius 2 is 2.38 bits per heavy atom. The summed E-state index contributed by atoms with van der Waals surface area (Å²) in [6.07, 6.45) is 0. The third-order valence-electron chi connectivity index (χ3n) is 1.60. The van der Waals surface area contributed by atoms with Gasteiger partial charge in [0.2, 0.25) is 0 Å². The summed E-state index contributed by atoms with van der Waals surface area (Å²) in [5.41, 5.74) is 8.37. The molecule has 2 rings (SSSR count). The zero-order chi connectivity index (χ0) is 9.26. The molecule has 1 heterocycles. The van der Waals surface area contributed by atoms with Crippen molar-refractivity contribution in [2.24, 2.45) is 5.73 Å². The Hall–Kier alpha value is -1.62. The average molecular weight is 193 g/mol. The van der Waals surface area contributed by atoms with Crippen molar-refractivity contribution in [2.45, 2.75) is 0 Å². The number of nitrogens with two attached hydrogens (primary N) is 1. The van der Waals surface area contributed by atoms with Crippen LogP contribution in [0.5, 0.6) is 0 Å². The lowest BCUT2D eigenvalue weighted by atomic mass is 10.3. The van der Waals surface area contributed by atoms with Crippen LogP contribution in [0.1, 0.15) is 0 Å². The van der Waals surface area contributed by atoms with Crippen LogP contribution in [-0.4, -0.2) is 11.0 Å². The fourth-order valence-electron chi connectivity index (χ4n) is 1.08. The molecule has 2 amide bonds. The van der Waals surface area contributed by atoms with Crippen molar-refractivity contribution in [1.29, 1.82) is 0 Å². The Morgan fingerprint density at radius 1 is 1.54 bits per heavy atom. The van der Waals surface area contributed by atoms with Gasteiger partial charge in [0.1, 0.15) is 0 Å². The summed E-state index contributed by atoms with van der Waals surface area (Å²) in [7, 11) is 0. The number of urea groups is 1. The highest BCUT2D eigenvalue weighted by atomic mass is 32.1. The van der Waals surface area contributed by atoms with Crippen LogP contribution in [-0.2, 0) is 0 Å². The highest BCUT2D eigenvalue weighted by Gasteiger charge is 1.99. The van der Waals surface area contributed by atoms with Crippen LogP contribution in [0.25, 0.3) is 10.2 Å². The van der Waals surface area contributed by atoms with E-state index >= 15 is 0 Å². The van der Waals surface area contributed by atoms with E-state index in [2.05, 4.69) is 10.3 Å². The molecule has 0 spiro atoms. The Labute approximate surface area is 78.4 Å². The molecule has 3 N–H and O–H groups in total. The molecule has 0 aliphatic carbocycles. The minimum Gasteiger partial charge on any atom is -0.351 e. The smallest absolute Gasteiger partial charge is 0.316 e. The number of anilines is 1. The molecule has 0 bridgehead atoms.